The summed E-state index contributed by atoms with van der Waals surface area (Å²) in [5.41, 5.74) is 0. The lowest BCUT2D eigenvalue weighted by Gasteiger charge is -2.32. The van der Waals surface area contributed by atoms with Crippen LogP contribution in [0.2, 0.25) is 0 Å². The number of likely N-dealkylation sites (N-methyl/N-ethyl adjacent to an activating group) is 2. The minimum atomic E-state index is 0.630. The quantitative estimate of drug-likeness (QED) is 0.656. The first-order chi connectivity index (χ1) is 5.71. The Morgan fingerprint density at radius 1 is 1.17 bits per heavy atom. The summed E-state index contributed by atoms with van der Waals surface area (Å²) in [4.78, 5) is 2.49. The van der Waals surface area contributed by atoms with Crippen LogP contribution in [0.1, 0.15) is 34.1 Å². The molecule has 0 aromatic carbocycles. The van der Waals surface area contributed by atoms with Crippen LogP contribution in [0.15, 0.2) is 0 Å². The predicted molar refractivity (Wildman–Crippen MR) is 55.5 cm³/mol. The van der Waals surface area contributed by atoms with Crippen LogP contribution in [-0.2, 0) is 0 Å². The number of rotatable bonds is 6. The summed E-state index contributed by atoms with van der Waals surface area (Å²) in [5, 5.41) is 3.36. The largest absolute Gasteiger partial charge is 0.315 e. The van der Waals surface area contributed by atoms with Gasteiger partial charge in [0.2, 0.25) is 0 Å². The minimum absolute atomic E-state index is 0.630. The summed E-state index contributed by atoms with van der Waals surface area (Å²) in [6.07, 6.45) is 1.20. The van der Waals surface area contributed by atoms with Crippen molar-refractivity contribution in [3.63, 3.8) is 0 Å². The minimum Gasteiger partial charge on any atom is -0.315 e. The van der Waals surface area contributed by atoms with Crippen molar-refractivity contribution in [3.8, 4) is 0 Å². The number of nitrogens with one attached hydrogen (secondary N) is 1. The van der Waals surface area contributed by atoms with E-state index in [1.165, 1.54) is 6.42 Å². The smallest absolute Gasteiger partial charge is 0.0220 e. The highest BCUT2D eigenvalue weighted by Gasteiger charge is 2.17. The molecule has 1 N–H and O–H groups in total. The van der Waals surface area contributed by atoms with Crippen LogP contribution in [0.3, 0.4) is 0 Å². The van der Waals surface area contributed by atoms with Gasteiger partial charge in [0.05, 0.1) is 0 Å². The van der Waals surface area contributed by atoms with Gasteiger partial charge in [-0.2, -0.15) is 0 Å². The average molecular weight is 172 g/mol. The average Bonchev–Trinajstić information content (AvgIpc) is 2.09. The Morgan fingerprint density at radius 2 is 1.67 bits per heavy atom. The van der Waals surface area contributed by atoms with Crippen molar-refractivity contribution in [3.05, 3.63) is 0 Å². The number of hydrogen-bond donors (Lipinski definition) is 1. The van der Waals surface area contributed by atoms with E-state index in [0.717, 1.165) is 13.1 Å². The van der Waals surface area contributed by atoms with E-state index in [2.05, 4.69) is 37.9 Å². The van der Waals surface area contributed by atoms with E-state index in [4.69, 9.17) is 0 Å². The van der Waals surface area contributed by atoms with E-state index in [1.807, 2.05) is 7.05 Å². The Labute approximate surface area is 77.3 Å². The molecule has 0 rings (SSSR count). The number of hydrogen-bond acceptors (Lipinski definition) is 2. The van der Waals surface area contributed by atoms with Crippen LogP contribution < -0.4 is 5.32 Å². The highest BCUT2D eigenvalue weighted by molar-refractivity contribution is 4.77. The molecule has 0 radical (unpaired) electrons. The summed E-state index contributed by atoms with van der Waals surface area (Å²) in [5.74, 6) is 0. The predicted octanol–water partition coefficient (Wildman–Crippen LogP) is 1.71. The van der Waals surface area contributed by atoms with Gasteiger partial charge in [0, 0.05) is 12.1 Å². The van der Waals surface area contributed by atoms with Crippen molar-refractivity contribution in [2.45, 2.75) is 46.2 Å². The second kappa shape index (κ2) is 6.44. The zero-order valence-corrected chi connectivity index (χ0v) is 9.22. The first-order valence-electron chi connectivity index (χ1n) is 5.12. The molecule has 74 valence electrons. The molecule has 2 unspecified atom stereocenters. The molecule has 2 atom stereocenters. The van der Waals surface area contributed by atoms with Gasteiger partial charge in [0.15, 0.2) is 0 Å². The first kappa shape index (κ1) is 11.9. The summed E-state index contributed by atoms with van der Waals surface area (Å²) in [7, 11) is 2.05. The maximum atomic E-state index is 3.36. The zero-order chi connectivity index (χ0) is 9.56. The Bertz CT molecular complexity index is 84.0. The molecule has 0 amide bonds. The van der Waals surface area contributed by atoms with E-state index in [1.54, 1.807) is 0 Å². The SMILES string of the molecule is CCC(NC)C(C)N(CC)CC. The molecule has 12 heavy (non-hydrogen) atoms. The Morgan fingerprint density at radius 3 is 1.92 bits per heavy atom. The van der Waals surface area contributed by atoms with Crippen LogP contribution in [0.5, 0.6) is 0 Å². The maximum Gasteiger partial charge on any atom is 0.0220 e. The molecule has 0 spiro atoms. The van der Waals surface area contributed by atoms with E-state index in [0.29, 0.717) is 12.1 Å². The van der Waals surface area contributed by atoms with Gasteiger partial charge in [0.25, 0.3) is 0 Å². The Hall–Kier alpha value is -0.0800. The van der Waals surface area contributed by atoms with Crippen LogP contribution in [0.25, 0.3) is 0 Å². The molecule has 0 aromatic heterocycles. The maximum absolute atomic E-state index is 3.36. The van der Waals surface area contributed by atoms with Gasteiger partial charge in [-0.05, 0) is 33.5 Å². The third-order valence-electron chi connectivity index (χ3n) is 2.78. The fourth-order valence-corrected chi connectivity index (χ4v) is 1.84. The van der Waals surface area contributed by atoms with Crippen LogP contribution in [0.4, 0.5) is 0 Å². The van der Waals surface area contributed by atoms with E-state index >= 15 is 0 Å². The molecule has 2 nitrogen and oxygen atoms in total. The molecular formula is C10H24N2. The van der Waals surface area contributed by atoms with Crippen molar-refractivity contribution < 1.29 is 0 Å². The van der Waals surface area contributed by atoms with Crippen molar-refractivity contribution in [2.75, 3.05) is 20.1 Å². The zero-order valence-electron chi connectivity index (χ0n) is 9.22. The van der Waals surface area contributed by atoms with E-state index in [-0.39, 0.29) is 0 Å². The van der Waals surface area contributed by atoms with Gasteiger partial charge >= 0.3 is 0 Å². The van der Waals surface area contributed by atoms with Crippen molar-refractivity contribution >= 4 is 0 Å². The van der Waals surface area contributed by atoms with Crippen LogP contribution in [-0.4, -0.2) is 37.1 Å². The summed E-state index contributed by atoms with van der Waals surface area (Å²) < 4.78 is 0. The van der Waals surface area contributed by atoms with Gasteiger partial charge in [-0.1, -0.05) is 20.8 Å². The van der Waals surface area contributed by atoms with Gasteiger partial charge in [0.1, 0.15) is 0 Å². The normalized spacial score (nSPS) is 16.5. The number of nitrogens with zero attached hydrogens (tertiary/aromatic N) is 1. The summed E-state index contributed by atoms with van der Waals surface area (Å²) >= 11 is 0. The molecule has 0 bridgehead atoms. The topological polar surface area (TPSA) is 15.3 Å². The summed E-state index contributed by atoms with van der Waals surface area (Å²) in [6, 6.07) is 1.28. The van der Waals surface area contributed by atoms with Crippen molar-refractivity contribution in [2.24, 2.45) is 0 Å². The van der Waals surface area contributed by atoms with Crippen molar-refractivity contribution in [1.29, 1.82) is 0 Å². The molecule has 2 heteroatoms. The van der Waals surface area contributed by atoms with Gasteiger partial charge in [-0.15, -0.1) is 0 Å². The lowest BCUT2D eigenvalue weighted by Crippen LogP contribution is -2.46. The standard InChI is InChI=1S/C10H24N2/c1-6-10(11-5)9(4)12(7-2)8-3/h9-11H,6-8H2,1-5H3. The highest BCUT2D eigenvalue weighted by Crippen LogP contribution is 2.06. The third kappa shape index (κ3) is 3.11. The van der Waals surface area contributed by atoms with Crippen LogP contribution >= 0.6 is 0 Å². The van der Waals surface area contributed by atoms with Crippen LogP contribution in [0, 0.1) is 0 Å². The Kier molecular flexibility index (Phi) is 6.39. The van der Waals surface area contributed by atoms with Gasteiger partial charge in [-0.3, -0.25) is 4.90 Å². The van der Waals surface area contributed by atoms with Crippen molar-refractivity contribution in [1.82, 2.24) is 10.2 Å². The van der Waals surface area contributed by atoms with Gasteiger partial charge < -0.3 is 5.32 Å². The highest BCUT2D eigenvalue weighted by atomic mass is 15.2. The second-order valence-corrected chi connectivity index (χ2v) is 3.27. The molecular weight excluding hydrogens is 148 g/mol. The first-order valence-corrected chi connectivity index (χ1v) is 5.12. The molecule has 0 aliphatic rings. The molecule has 0 saturated heterocycles. The molecule has 0 aromatic rings. The van der Waals surface area contributed by atoms with E-state index in [9.17, 15) is 0 Å². The molecule has 0 aliphatic heterocycles. The lowest BCUT2D eigenvalue weighted by atomic mass is 10.1. The fourth-order valence-electron chi connectivity index (χ4n) is 1.84. The Balaban J connectivity index is 4.02. The second-order valence-electron chi connectivity index (χ2n) is 3.27. The third-order valence-corrected chi connectivity index (χ3v) is 2.78. The fraction of sp³-hybridized carbons (Fsp3) is 1.00. The molecule has 0 heterocycles. The molecule has 0 saturated carbocycles. The molecule has 0 fully saturated rings. The summed E-state index contributed by atoms with van der Waals surface area (Å²) in [6.45, 7) is 11.3. The monoisotopic (exact) mass is 172 g/mol. The molecule has 0 aliphatic carbocycles. The van der Waals surface area contributed by atoms with E-state index < -0.39 is 0 Å². The lowest BCUT2D eigenvalue weighted by molar-refractivity contribution is 0.187. The van der Waals surface area contributed by atoms with Gasteiger partial charge in [-0.25, -0.2) is 0 Å².